The summed E-state index contributed by atoms with van der Waals surface area (Å²) in [4.78, 5) is 0. The van der Waals surface area contributed by atoms with Crippen molar-refractivity contribution in [1.82, 2.24) is 0 Å². The smallest absolute Gasteiger partial charge is 0.772 e. The van der Waals surface area contributed by atoms with Gasteiger partial charge in [0.15, 0.2) is 11.6 Å². The van der Waals surface area contributed by atoms with Gasteiger partial charge in [-0.25, -0.2) is 8.78 Å². The Balaban J connectivity index is 0.00000144. The second kappa shape index (κ2) is 5.82. The Morgan fingerprint density at radius 1 is 1.38 bits per heavy atom. The molecular weight excluding hydrogens is 209 g/mol. The second-order valence-electron chi connectivity index (χ2n) is 2.16. The zero-order chi connectivity index (χ0) is 9.14. The molecule has 0 fully saturated rings. The van der Waals surface area contributed by atoms with Crippen molar-refractivity contribution < 1.29 is 47.1 Å². The number of hydrogen-bond donors (Lipinski definition) is 0. The van der Waals surface area contributed by atoms with E-state index in [-0.39, 0.29) is 35.1 Å². The second-order valence-corrected chi connectivity index (χ2v) is 3.06. The third kappa shape index (κ3) is 3.83. The number of benzene rings is 1. The molecule has 1 rings (SSSR count). The summed E-state index contributed by atoms with van der Waals surface area (Å²) in [7, 11) is 0. The van der Waals surface area contributed by atoms with Crippen molar-refractivity contribution in [3.05, 3.63) is 35.4 Å². The first-order valence-electron chi connectivity index (χ1n) is 3.10. The average Bonchev–Trinajstić information content (AvgIpc) is 1.98. The minimum atomic E-state index is -2.39. The maximum Gasteiger partial charge on any atom is 1.00 e. The Morgan fingerprint density at radius 3 is 2.54 bits per heavy atom. The van der Waals surface area contributed by atoms with Crippen molar-refractivity contribution >= 4 is 11.1 Å². The summed E-state index contributed by atoms with van der Waals surface area (Å²) >= 11 is -2.39. The van der Waals surface area contributed by atoms with E-state index in [0.717, 1.165) is 6.07 Å². The molecule has 0 saturated carbocycles. The van der Waals surface area contributed by atoms with Crippen molar-refractivity contribution in [2.75, 3.05) is 0 Å². The third-order valence-corrected chi connectivity index (χ3v) is 1.85. The van der Waals surface area contributed by atoms with Gasteiger partial charge in [0.1, 0.15) is 0 Å². The first-order valence-corrected chi connectivity index (χ1v) is 4.34. The predicted molar refractivity (Wildman–Crippen MR) is 39.0 cm³/mol. The van der Waals surface area contributed by atoms with Gasteiger partial charge < -0.3 is 4.55 Å². The maximum absolute atomic E-state index is 12.7. The van der Waals surface area contributed by atoms with Crippen LogP contribution < -0.4 is 29.6 Å². The molecule has 0 aliphatic carbocycles. The quantitative estimate of drug-likeness (QED) is 0.437. The first-order chi connectivity index (χ1) is 5.61. The Hall–Kier alpha value is 0.190. The van der Waals surface area contributed by atoms with Crippen molar-refractivity contribution in [3.63, 3.8) is 0 Å². The van der Waals surface area contributed by atoms with E-state index in [1.165, 1.54) is 12.1 Å². The fraction of sp³-hybridized carbons (Fsp3) is 0.143. The van der Waals surface area contributed by atoms with Gasteiger partial charge in [-0.05, 0) is 6.07 Å². The van der Waals surface area contributed by atoms with Crippen LogP contribution in [-0.2, 0) is 16.8 Å². The molecule has 6 heteroatoms. The van der Waals surface area contributed by atoms with Crippen LogP contribution in [0, 0.1) is 11.6 Å². The molecule has 13 heavy (non-hydrogen) atoms. The van der Waals surface area contributed by atoms with Gasteiger partial charge in [-0.3, -0.25) is 4.21 Å². The van der Waals surface area contributed by atoms with E-state index >= 15 is 0 Å². The molecule has 1 aromatic rings. The first kappa shape index (κ1) is 13.2. The molecule has 0 amide bonds. The standard InChI is InChI=1S/C7H6F2O2S.Na/c8-6-3-1-2-5(7(6)9)4-12(10)11;/h1-3H,4H2,(H,10,11);/q;+1/p-1. The summed E-state index contributed by atoms with van der Waals surface area (Å²) in [6.45, 7) is 0. The molecule has 0 saturated heterocycles. The van der Waals surface area contributed by atoms with Crippen LogP contribution in [0.5, 0.6) is 0 Å². The van der Waals surface area contributed by atoms with Crippen molar-refractivity contribution in [1.29, 1.82) is 0 Å². The summed E-state index contributed by atoms with van der Waals surface area (Å²) in [6, 6.07) is 3.43. The van der Waals surface area contributed by atoms with E-state index < -0.39 is 28.5 Å². The summed E-state index contributed by atoms with van der Waals surface area (Å²) in [5.74, 6) is -2.62. The molecule has 0 bridgehead atoms. The minimum absolute atomic E-state index is 0. The molecule has 0 N–H and O–H groups in total. The molecule has 0 aliphatic heterocycles. The van der Waals surface area contributed by atoms with E-state index in [9.17, 15) is 17.5 Å². The Labute approximate surface area is 98.9 Å². The fourth-order valence-corrected chi connectivity index (χ4v) is 1.26. The van der Waals surface area contributed by atoms with Crippen LogP contribution in [0.1, 0.15) is 5.56 Å². The van der Waals surface area contributed by atoms with Crippen LogP contribution in [0.3, 0.4) is 0 Å². The van der Waals surface area contributed by atoms with Gasteiger partial charge in [0.05, 0.1) is 0 Å². The van der Waals surface area contributed by atoms with E-state index in [2.05, 4.69) is 0 Å². The van der Waals surface area contributed by atoms with E-state index in [0.29, 0.717) is 0 Å². The number of hydrogen-bond acceptors (Lipinski definition) is 2. The molecule has 0 aromatic heterocycles. The average molecular weight is 214 g/mol. The zero-order valence-corrected chi connectivity index (χ0v) is 9.74. The van der Waals surface area contributed by atoms with Crippen LogP contribution in [0.2, 0.25) is 0 Å². The maximum atomic E-state index is 12.7. The summed E-state index contributed by atoms with van der Waals surface area (Å²) in [5, 5.41) is 0. The molecule has 66 valence electrons. The predicted octanol–water partition coefficient (Wildman–Crippen LogP) is -1.65. The largest absolute Gasteiger partial charge is 1.00 e. The van der Waals surface area contributed by atoms with Crippen LogP contribution in [-0.4, -0.2) is 8.76 Å². The SMILES string of the molecule is O=S([O-])Cc1cccc(F)c1F.[Na+]. The van der Waals surface area contributed by atoms with Gasteiger partial charge in [0.25, 0.3) is 0 Å². The molecular formula is C7H5F2NaO2S. The van der Waals surface area contributed by atoms with Gasteiger partial charge in [-0.2, -0.15) is 0 Å². The van der Waals surface area contributed by atoms with E-state index in [1.54, 1.807) is 0 Å². The van der Waals surface area contributed by atoms with Crippen LogP contribution in [0.25, 0.3) is 0 Å². The molecule has 1 aromatic carbocycles. The molecule has 2 nitrogen and oxygen atoms in total. The third-order valence-electron chi connectivity index (χ3n) is 1.30. The normalized spacial score (nSPS) is 11.9. The Morgan fingerprint density at radius 2 is 2.00 bits per heavy atom. The Kier molecular flexibility index (Phi) is 5.91. The molecule has 1 atom stereocenters. The molecule has 0 spiro atoms. The number of rotatable bonds is 2. The van der Waals surface area contributed by atoms with Gasteiger partial charge in [0, 0.05) is 11.3 Å². The molecule has 0 heterocycles. The van der Waals surface area contributed by atoms with Crippen LogP contribution >= 0.6 is 0 Å². The van der Waals surface area contributed by atoms with Crippen molar-refractivity contribution in [2.45, 2.75) is 5.75 Å². The van der Waals surface area contributed by atoms with Gasteiger partial charge in [-0.1, -0.05) is 23.2 Å². The Bertz CT molecular complexity index is 319. The summed E-state index contributed by atoms with van der Waals surface area (Å²) in [6.07, 6.45) is 0. The van der Waals surface area contributed by atoms with Gasteiger partial charge >= 0.3 is 29.6 Å². The molecule has 1 unspecified atom stereocenters. The monoisotopic (exact) mass is 214 g/mol. The molecule has 0 aliphatic rings. The van der Waals surface area contributed by atoms with E-state index in [4.69, 9.17) is 0 Å². The zero-order valence-electron chi connectivity index (χ0n) is 6.92. The summed E-state index contributed by atoms with van der Waals surface area (Å²) in [5.41, 5.74) is -0.150. The van der Waals surface area contributed by atoms with Crippen LogP contribution in [0.4, 0.5) is 8.78 Å². The molecule has 0 radical (unpaired) electrons. The number of halogens is 2. The minimum Gasteiger partial charge on any atom is -0.772 e. The van der Waals surface area contributed by atoms with Crippen molar-refractivity contribution in [3.8, 4) is 0 Å². The summed E-state index contributed by atoms with van der Waals surface area (Å²) < 4.78 is 45.5. The topological polar surface area (TPSA) is 40.1 Å². The van der Waals surface area contributed by atoms with Gasteiger partial charge in [-0.15, -0.1) is 0 Å². The van der Waals surface area contributed by atoms with E-state index in [1.807, 2.05) is 0 Å². The fourth-order valence-electron chi connectivity index (χ4n) is 0.787. The van der Waals surface area contributed by atoms with Crippen molar-refractivity contribution in [2.24, 2.45) is 0 Å². The van der Waals surface area contributed by atoms with Gasteiger partial charge in [0.2, 0.25) is 0 Å². The van der Waals surface area contributed by atoms with Crippen LogP contribution in [0.15, 0.2) is 18.2 Å².